The van der Waals surface area contributed by atoms with Crippen LogP contribution < -0.4 is 5.32 Å². The molecule has 20 heavy (non-hydrogen) atoms. The number of carbonyl (C=O) groups is 2. The fraction of sp³-hybridized carbons (Fsp3) is 0.867. The number of likely N-dealkylation sites (tertiary alicyclic amines) is 1. The minimum absolute atomic E-state index is 0.0143. The van der Waals surface area contributed by atoms with Crippen molar-refractivity contribution in [1.29, 1.82) is 0 Å². The van der Waals surface area contributed by atoms with Gasteiger partial charge in [0.15, 0.2) is 0 Å². The Morgan fingerprint density at radius 1 is 1.35 bits per heavy atom. The van der Waals surface area contributed by atoms with E-state index in [0.29, 0.717) is 6.42 Å². The van der Waals surface area contributed by atoms with Crippen molar-refractivity contribution in [1.82, 2.24) is 15.1 Å². The van der Waals surface area contributed by atoms with Gasteiger partial charge in [0.25, 0.3) is 0 Å². The molecular formula is C15H27N3O2. The Bertz CT molecular complexity index is 368. The zero-order valence-corrected chi connectivity index (χ0v) is 12.9. The molecule has 114 valence electrons. The minimum Gasteiger partial charge on any atom is -0.304 e. The number of hydrogen-bond acceptors (Lipinski definition) is 4. The zero-order chi connectivity index (χ0) is 14.7. The maximum Gasteiger partial charge on any atom is 0.247 e. The monoisotopic (exact) mass is 281 g/mol. The molecule has 2 aliphatic rings. The van der Waals surface area contributed by atoms with Crippen molar-refractivity contribution in [3.8, 4) is 0 Å². The van der Waals surface area contributed by atoms with Gasteiger partial charge in [-0.1, -0.05) is 13.8 Å². The summed E-state index contributed by atoms with van der Waals surface area (Å²) in [5.41, 5.74) is 0. The standard InChI is InChI=1S/C15H27N3O2/c1-4-11(3)18-14(19)10-13(15(18)20)16-8-9-17(5-2)12-6-7-12/h11-13,16H,4-10H2,1-3H3. The summed E-state index contributed by atoms with van der Waals surface area (Å²) in [5, 5.41) is 3.26. The molecule has 2 atom stereocenters. The van der Waals surface area contributed by atoms with Crippen LogP contribution in [0.25, 0.3) is 0 Å². The number of carbonyl (C=O) groups excluding carboxylic acids is 2. The first-order valence-electron chi connectivity index (χ1n) is 7.91. The van der Waals surface area contributed by atoms with Gasteiger partial charge in [-0.25, -0.2) is 0 Å². The Morgan fingerprint density at radius 2 is 2.05 bits per heavy atom. The number of nitrogens with zero attached hydrogens (tertiary/aromatic N) is 2. The number of imide groups is 1. The molecular weight excluding hydrogens is 254 g/mol. The van der Waals surface area contributed by atoms with Gasteiger partial charge in [-0.3, -0.25) is 19.4 Å². The first kappa shape index (κ1) is 15.4. The van der Waals surface area contributed by atoms with E-state index in [9.17, 15) is 9.59 Å². The van der Waals surface area contributed by atoms with E-state index >= 15 is 0 Å². The fourth-order valence-corrected chi connectivity index (χ4v) is 2.88. The topological polar surface area (TPSA) is 52.7 Å². The van der Waals surface area contributed by atoms with E-state index in [1.165, 1.54) is 17.7 Å². The van der Waals surface area contributed by atoms with Crippen LogP contribution in [0.3, 0.4) is 0 Å². The SMILES string of the molecule is CCC(C)N1C(=O)CC(NCCN(CC)C2CC2)C1=O. The van der Waals surface area contributed by atoms with Crippen LogP contribution >= 0.6 is 0 Å². The lowest BCUT2D eigenvalue weighted by molar-refractivity contribution is -0.141. The summed E-state index contributed by atoms with van der Waals surface area (Å²) in [4.78, 5) is 28.0. The number of rotatable bonds is 8. The average molecular weight is 281 g/mol. The third-order valence-electron chi connectivity index (χ3n) is 4.47. The highest BCUT2D eigenvalue weighted by atomic mass is 16.2. The van der Waals surface area contributed by atoms with Crippen LogP contribution in [-0.2, 0) is 9.59 Å². The molecule has 5 nitrogen and oxygen atoms in total. The highest BCUT2D eigenvalue weighted by Gasteiger charge is 2.40. The summed E-state index contributed by atoms with van der Waals surface area (Å²) in [6, 6.07) is 0.453. The highest BCUT2D eigenvalue weighted by molar-refractivity contribution is 6.05. The second-order valence-corrected chi connectivity index (χ2v) is 5.93. The lowest BCUT2D eigenvalue weighted by Crippen LogP contribution is -2.44. The van der Waals surface area contributed by atoms with E-state index in [2.05, 4.69) is 17.1 Å². The van der Waals surface area contributed by atoms with E-state index in [4.69, 9.17) is 0 Å². The summed E-state index contributed by atoms with van der Waals surface area (Å²) in [7, 11) is 0. The van der Waals surface area contributed by atoms with Gasteiger partial charge in [0, 0.05) is 25.2 Å². The zero-order valence-electron chi connectivity index (χ0n) is 12.9. The van der Waals surface area contributed by atoms with E-state index < -0.39 is 0 Å². The van der Waals surface area contributed by atoms with Gasteiger partial charge in [0.05, 0.1) is 12.5 Å². The van der Waals surface area contributed by atoms with Crippen molar-refractivity contribution in [2.45, 2.75) is 64.6 Å². The van der Waals surface area contributed by atoms with Crippen LogP contribution in [0, 0.1) is 0 Å². The molecule has 2 rings (SSSR count). The van der Waals surface area contributed by atoms with Crippen molar-refractivity contribution in [2.24, 2.45) is 0 Å². The van der Waals surface area contributed by atoms with Gasteiger partial charge >= 0.3 is 0 Å². The number of hydrogen-bond donors (Lipinski definition) is 1. The summed E-state index contributed by atoms with van der Waals surface area (Å²) >= 11 is 0. The molecule has 0 aromatic heterocycles. The summed E-state index contributed by atoms with van der Waals surface area (Å²) < 4.78 is 0. The minimum atomic E-state index is -0.311. The third-order valence-corrected chi connectivity index (χ3v) is 4.47. The highest BCUT2D eigenvalue weighted by Crippen LogP contribution is 2.26. The average Bonchev–Trinajstić information content (AvgIpc) is 3.22. The Labute approximate surface area is 121 Å². The van der Waals surface area contributed by atoms with Gasteiger partial charge in [-0.05, 0) is 32.7 Å². The van der Waals surface area contributed by atoms with Crippen LogP contribution in [0.5, 0.6) is 0 Å². The number of amides is 2. The predicted octanol–water partition coefficient (Wildman–Crippen LogP) is 0.986. The second kappa shape index (κ2) is 6.68. The molecule has 5 heteroatoms. The Morgan fingerprint density at radius 3 is 2.60 bits per heavy atom. The smallest absolute Gasteiger partial charge is 0.247 e. The molecule has 1 heterocycles. The molecule has 1 N–H and O–H groups in total. The molecule has 1 saturated heterocycles. The number of likely N-dealkylation sites (N-methyl/N-ethyl adjacent to an activating group) is 1. The van der Waals surface area contributed by atoms with Crippen molar-refractivity contribution in [3.63, 3.8) is 0 Å². The molecule has 2 fully saturated rings. The van der Waals surface area contributed by atoms with Crippen molar-refractivity contribution >= 4 is 11.8 Å². The molecule has 0 aromatic rings. The fourth-order valence-electron chi connectivity index (χ4n) is 2.88. The first-order valence-corrected chi connectivity index (χ1v) is 7.91. The van der Waals surface area contributed by atoms with Crippen molar-refractivity contribution in [3.05, 3.63) is 0 Å². The normalized spacial score (nSPS) is 24.8. The third kappa shape index (κ3) is 3.38. The molecule has 0 aromatic carbocycles. The largest absolute Gasteiger partial charge is 0.304 e. The maximum atomic E-state index is 12.2. The van der Waals surface area contributed by atoms with Crippen LogP contribution in [0.15, 0.2) is 0 Å². The molecule has 2 unspecified atom stereocenters. The van der Waals surface area contributed by atoms with E-state index in [1.54, 1.807) is 0 Å². The summed E-state index contributed by atoms with van der Waals surface area (Å²) in [6.07, 6.45) is 3.74. The first-order chi connectivity index (χ1) is 9.58. The predicted molar refractivity (Wildman–Crippen MR) is 78.3 cm³/mol. The lowest BCUT2D eigenvalue weighted by Gasteiger charge is -2.23. The Kier molecular flexibility index (Phi) is 5.16. The van der Waals surface area contributed by atoms with Crippen LogP contribution in [0.2, 0.25) is 0 Å². The van der Waals surface area contributed by atoms with Gasteiger partial charge < -0.3 is 5.32 Å². The van der Waals surface area contributed by atoms with Crippen molar-refractivity contribution < 1.29 is 9.59 Å². The van der Waals surface area contributed by atoms with Gasteiger partial charge in [0.1, 0.15) is 0 Å². The van der Waals surface area contributed by atoms with E-state index in [0.717, 1.165) is 32.1 Å². The van der Waals surface area contributed by atoms with Crippen LogP contribution in [0.1, 0.15) is 46.5 Å². The Hall–Kier alpha value is -0.940. The number of nitrogens with one attached hydrogen (secondary N) is 1. The summed E-state index contributed by atoms with van der Waals surface area (Å²) in [5.74, 6) is -0.0739. The molecule has 2 amide bonds. The molecule has 0 radical (unpaired) electrons. The Balaban J connectivity index is 1.79. The molecule has 1 aliphatic carbocycles. The second-order valence-electron chi connectivity index (χ2n) is 5.93. The molecule has 0 bridgehead atoms. The van der Waals surface area contributed by atoms with Gasteiger partial charge in [-0.15, -0.1) is 0 Å². The van der Waals surface area contributed by atoms with Gasteiger partial charge in [0.2, 0.25) is 11.8 Å². The maximum absolute atomic E-state index is 12.2. The summed E-state index contributed by atoms with van der Waals surface area (Å²) in [6.45, 7) is 8.91. The van der Waals surface area contributed by atoms with E-state index in [-0.39, 0.29) is 23.9 Å². The van der Waals surface area contributed by atoms with Crippen molar-refractivity contribution in [2.75, 3.05) is 19.6 Å². The van der Waals surface area contributed by atoms with E-state index in [1.807, 2.05) is 13.8 Å². The van der Waals surface area contributed by atoms with Crippen LogP contribution in [0.4, 0.5) is 0 Å². The molecule has 1 aliphatic heterocycles. The molecule has 0 spiro atoms. The van der Waals surface area contributed by atoms with Gasteiger partial charge in [-0.2, -0.15) is 0 Å². The lowest BCUT2D eigenvalue weighted by atomic mass is 10.2. The van der Waals surface area contributed by atoms with Crippen LogP contribution in [-0.4, -0.2) is 59.4 Å². The molecule has 1 saturated carbocycles. The quantitative estimate of drug-likeness (QED) is 0.674.